The Morgan fingerprint density at radius 1 is 1.19 bits per heavy atom. The van der Waals surface area contributed by atoms with Crippen molar-refractivity contribution in [3.63, 3.8) is 0 Å². The highest BCUT2D eigenvalue weighted by atomic mass is 35.5. The zero-order chi connectivity index (χ0) is 15.0. The van der Waals surface area contributed by atoms with Crippen molar-refractivity contribution >= 4 is 22.6 Å². The van der Waals surface area contributed by atoms with Gasteiger partial charge in [-0.2, -0.15) is 0 Å². The highest BCUT2D eigenvalue weighted by Gasteiger charge is 2.18. The molecule has 1 fully saturated rings. The molecular weight excluding hydrogens is 284 g/mol. The smallest absolute Gasteiger partial charge is 0.295 e. The second kappa shape index (κ2) is 5.88. The van der Waals surface area contributed by atoms with Crippen LogP contribution in [0.25, 0.3) is 11.0 Å². The number of aromatic nitrogens is 2. The number of fused-ring (bicyclic) bond motifs is 1. The van der Waals surface area contributed by atoms with Crippen molar-refractivity contribution in [2.45, 2.75) is 43.9 Å². The minimum atomic E-state index is 0.0132. The highest BCUT2D eigenvalue weighted by molar-refractivity contribution is 6.20. The number of hydrogen-bond acceptors (Lipinski definition) is 1. The van der Waals surface area contributed by atoms with E-state index in [-0.39, 0.29) is 11.1 Å². The Balaban J connectivity index is 1.79. The zero-order valence-electron chi connectivity index (χ0n) is 12.8. The molecular formula is C17H23ClN2O. The first-order valence-electron chi connectivity index (χ1n) is 7.87. The molecule has 1 aromatic carbocycles. The van der Waals surface area contributed by atoms with Crippen LogP contribution in [-0.4, -0.2) is 9.13 Å². The monoisotopic (exact) mass is 306 g/mol. The quantitative estimate of drug-likeness (QED) is 0.780. The van der Waals surface area contributed by atoms with E-state index < -0.39 is 0 Å². The van der Waals surface area contributed by atoms with E-state index in [2.05, 4.69) is 12.1 Å². The molecule has 0 aliphatic heterocycles. The van der Waals surface area contributed by atoms with Crippen LogP contribution in [-0.2, 0) is 14.1 Å². The van der Waals surface area contributed by atoms with Crippen LogP contribution in [0.4, 0.5) is 0 Å². The summed E-state index contributed by atoms with van der Waals surface area (Å²) in [5, 5.41) is 0.0466. The molecule has 0 bridgehead atoms. The van der Waals surface area contributed by atoms with E-state index in [9.17, 15) is 4.79 Å². The van der Waals surface area contributed by atoms with Gasteiger partial charge in [0.2, 0.25) is 0 Å². The molecule has 1 atom stereocenters. The third-order valence-electron chi connectivity index (χ3n) is 4.96. The van der Waals surface area contributed by atoms with Crippen LogP contribution in [0, 0.1) is 5.92 Å². The maximum Gasteiger partial charge on any atom is 0.328 e. The number of hydrogen-bond donors (Lipinski definition) is 0. The normalized spacial score (nSPS) is 17.7. The largest absolute Gasteiger partial charge is 0.328 e. The Kier molecular flexibility index (Phi) is 4.12. The molecule has 3 rings (SSSR count). The molecule has 0 radical (unpaired) electrons. The van der Waals surface area contributed by atoms with Gasteiger partial charge in [-0.15, -0.1) is 11.6 Å². The first-order chi connectivity index (χ1) is 10.1. The van der Waals surface area contributed by atoms with Gasteiger partial charge in [0.15, 0.2) is 0 Å². The first-order valence-corrected chi connectivity index (χ1v) is 8.31. The highest BCUT2D eigenvalue weighted by Crippen LogP contribution is 2.34. The molecule has 1 aromatic heterocycles. The third kappa shape index (κ3) is 2.76. The van der Waals surface area contributed by atoms with E-state index in [4.69, 9.17) is 11.6 Å². The molecule has 1 heterocycles. The summed E-state index contributed by atoms with van der Waals surface area (Å²) in [5.74, 6) is 0.871. The van der Waals surface area contributed by atoms with Gasteiger partial charge in [0.1, 0.15) is 0 Å². The van der Waals surface area contributed by atoms with Crippen molar-refractivity contribution < 1.29 is 0 Å². The molecule has 0 N–H and O–H groups in total. The van der Waals surface area contributed by atoms with Crippen LogP contribution >= 0.6 is 11.6 Å². The zero-order valence-corrected chi connectivity index (χ0v) is 13.6. The summed E-state index contributed by atoms with van der Waals surface area (Å²) in [5.41, 5.74) is 3.07. The summed E-state index contributed by atoms with van der Waals surface area (Å²) in [6, 6.07) is 6.15. The van der Waals surface area contributed by atoms with Gasteiger partial charge in [-0.1, -0.05) is 31.7 Å². The second-order valence-electron chi connectivity index (χ2n) is 6.34. The lowest BCUT2D eigenvalue weighted by atomic mass is 9.98. The maximum atomic E-state index is 12.0. The van der Waals surface area contributed by atoms with Gasteiger partial charge in [-0.05, 0) is 36.5 Å². The van der Waals surface area contributed by atoms with Crippen molar-refractivity contribution in [2.75, 3.05) is 0 Å². The molecule has 0 spiro atoms. The van der Waals surface area contributed by atoms with Gasteiger partial charge >= 0.3 is 5.69 Å². The first kappa shape index (κ1) is 14.7. The SMILES string of the molecule is Cn1c(=O)n(C)c2cc(C(Cl)CCC3CCCC3)ccc21. The van der Waals surface area contributed by atoms with Gasteiger partial charge in [-0.25, -0.2) is 4.79 Å². The summed E-state index contributed by atoms with van der Waals surface area (Å²) < 4.78 is 3.38. The predicted octanol–water partition coefficient (Wildman–Crippen LogP) is 4.13. The van der Waals surface area contributed by atoms with Crippen molar-refractivity contribution in [2.24, 2.45) is 20.0 Å². The average Bonchev–Trinajstić information content (AvgIpc) is 3.09. The van der Waals surface area contributed by atoms with Crippen LogP contribution in [0.15, 0.2) is 23.0 Å². The molecule has 1 unspecified atom stereocenters. The van der Waals surface area contributed by atoms with Gasteiger partial charge < -0.3 is 0 Å². The molecule has 21 heavy (non-hydrogen) atoms. The van der Waals surface area contributed by atoms with Gasteiger partial charge in [0.25, 0.3) is 0 Å². The number of nitrogens with zero attached hydrogens (tertiary/aromatic N) is 2. The number of rotatable bonds is 4. The molecule has 1 aliphatic carbocycles. The Labute approximate surface area is 130 Å². The molecule has 0 amide bonds. The fraction of sp³-hybridized carbons (Fsp3) is 0.588. The lowest BCUT2D eigenvalue weighted by Crippen LogP contribution is -2.19. The van der Waals surface area contributed by atoms with Crippen LogP contribution < -0.4 is 5.69 Å². The number of aryl methyl sites for hydroxylation is 2. The number of halogens is 1. The van der Waals surface area contributed by atoms with E-state index in [0.717, 1.165) is 28.9 Å². The van der Waals surface area contributed by atoms with E-state index in [1.165, 1.54) is 32.1 Å². The minimum Gasteiger partial charge on any atom is -0.295 e. The summed E-state index contributed by atoms with van der Waals surface area (Å²) in [6.07, 6.45) is 7.76. The third-order valence-corrected chi connectivity index (χ3v) is 5.43. The van der Waals surface area contributed by atoms with E-state index in [0.29, 0.717) is 0 Å². The number of imidazole rings is 1. The Hall–Kier alpha value is -1.22. The van der Waals surface area contributed by atoms with E-state index >= 15 is 0 Å². The fourth-order valence-electron chi connectivity index (χ4n) is 3.57. The van der Waals surface area contributed by atoms with Crippen LogP contribution in [0.3, 0.4) is 0 Å². The topological polar surface area (TPSA) is 26.9 Å². The summed E-state index contributed by atoms with van der Waals surface area (Å²) in [7, 11) is 3.62. The minimum absolute atomic E-state index is 0.0132. The van der Waals surface area contributed by atoms with Crippen LogP contribution in [0.5, 0.6) is 0 Å². The lowest BCUT2D eigenvalue weighted by Gasteiger charge is -2.13. The van der Waals surface area contributed by atoms with Gasteiger partial charge in [0, 0.05) is 14.1 Å². The Morgan fingerprint density at radius 3 is 2.57 bits per heavy atom. The molecule has 4 heteroatoms. The fourth-order valence-corrected chi connectivity index (χ4v) is 3.83. The summed E-state index contributed by atoms with van der Waals surface area (Å²) in [6.45, 7) is 0. The van der Waals surface area contributed by atoms with Gasteiger partial charge in [0.05, 0.1) is 16.4 Å². The maximum absolute atomic E-state index is 12.0. The molecule has 0 saturated heterocycles. The lowest BCUT2D eigenvalue weighted by molar-refractivity contribution is 0.480. The van der Waals surface area contributed by atoms with Crippen molar-refractivity contribution in [1.29, 1.82) is 0 Å². The van der Waals surface area contributed by atoms with E-state index in [1.807, 2.05) is 20.2 Å². The Morgan fingerprint density at radius 2 is 1.86 bits per heavy atom. The summed E-state index contributed by atoms with van der Waals surface area (Å²) in [4.78, 5) is 12.0. The van der Waals surface area contributed by atoms with Crippen LogP contribution in [0.1, 0.15) is 49.5 Å². The molecule has 114 valence electrons. The number of alkyl halides is 1. The van der Waals surface area contributed by atoms with Crippen molar-refractivity contribution in [3.05, 3.63) is 34.2 Å². The summed E-state index contributed by atoms with van der Waals surface area (Å²) >= 11 is 6.59. The molecule has 3 nitrogen and oxygen atoms in total. The molecule has 1 saturated carbocycles. The molecule has 2 aromatic rings. The molecule has 1 aliphatic rings. The predicted molar refractivity (Wildman–Crippen MR) is 87.9 cm³/mol. The standard InChI is InChI=1S/C17H23ClN2O/c1-19-15-10-8-13(11-16(15)20(2)17(19)21)14(18)9-7-12-5-3-4-6-12/h8,10-12,14H,3-7,9H2,1-2H3. The van der Waals surface area contributed by atoms with Crippen molar-refractivity contribution in [3.8, 4) is 0 Å². The van der Waals surface area contributed by atoms with E-state index in [1.54, 1.807) is 9.13 Å². The van der Waals surface area contributed by atoms with Gasteiger partial charge in [-0.3, -0.25) is 9.13 Å². The van der Waals surface area contributed by atoms with Crippen molar-refractivity contribution in [1.82, 2.24) is 9.13 Å². The van der Waals surface area contributed by atoms with Crippen LogP contribution in [0.2, 0.25) is 0 Å². The Bertz CT molecular complexity index is 695. The average molecular weight is 307 g/mol. The second-order valence-corrected chi connectivity index (χ2v) is 6.87. The number of benzene rings is 1.